The molecule has 6 heteroatoms. The summed E-state index contributed by atoms with van der Waals surface area (Å²) < 4.78 is 10.4. The number of hydrogen-bond donors (Lipinski definition) is 0. The molecule has 0 N–H and O–H groups in total. The fourth-order valence-corrected chi connectivity index (χ4v) is 1.90. The molecule has 4 nitrogen and oxygen atoms in total. The van der Waals surface area contributed by atoms with Crippen molar-refractivity contribution in [3.63, 3.8) is 0 Å². The molecule has 0 fully saturated rings. The minimum atomic E-state index is 0.223. The van der Waals surface area contributed by atoms with Crippen LogP contribution in [0.5, 0.6) is 5.75 Å². The average molecular weight is 231 g/mol. The molecule has 0 amide bonds. The second-order valence-electron chi connectivity index (χ2n) is 2.45. The van der Waals surface area contributed by atoms with Crippen LogP contribution in [-0.2, 0) is 5.88 Å². The average Bonchev–Trinajstić information content (AvgIpc) is 2.85. The van der Waals surface area contributed by atoms with Crippen LogP contribution in [0.25, 0.3) is 10.8 Å². The number of rotatable bonds is 3. The van der Waals surface area contributed by atoms with E-state index in [2.05, 4.69) is 10.2 Å². The van der Waals surface area contributed by atoms with Crippen molar-refractivity contribution in [3.8, 4) is 16.5 Å². The number of methoxy groups -OCH3 is 1. The molecule has 0 atom stereocenters. The summed E-state index contributed by atoms with van der Waals surface area (Å²) in [4.78, 5) is 0.830. The van der Waals surface area contributed by atoms with Gasteiger partial charge < -0.3 is 9.15 Å². The number of thiophene rings is 1. The number of ether oxygens (including phenoxy) is 1. The number of alkyl halides is 1. The van der Waals surface area contributed by atoms with E-state index in [0.29, 0.717) is 11.8 Å². The van der Waals surface area contributed by atoms with Crippen molar-refractivity contribution in [2.45, 2.75) is 5.88 Å². The van der Waals surface area contributed by atoms with E-state index in [1.54, 1.807) is 7.11 Å². The summed E-state index contributed by atoms with van der Waals surface area (Å²) in [5.74, 6) is 1.82. The Labute approximate surface area is 89.5 Å². The number of nitrogens with zero attached hydrogens (tertiary/aromatic N) is 2. The van der Waals surface area contributed by atoms with E-state index in [1.165, 1.54) is 11.3 Å². The van der Waals surface area contributed by atoms with Gasteiger partial charge in [-0.15, -0.1) is 33.1 Å². The molecule has 14 heavy (non-hydrogen) atoms. The van der Waals surface area contributed by atoms with Crippen LogP contribution in [0.2, 0.25) is 0 Å². The van der Waals surface area contributed by atoms with E-state index < -0.39 is 0 Å². The molecule has 0 aliphatic heterocycles. The Morgan fingerprint density at radius 1 is 1.57 bits per heavy atom. The summed E-state index contributed by atoms with van der Waals surface area (Å²) in [5, 5.41) is 9.54. The van der Waals surface area contributed by atoms with E-state index >= 15 is 0 Å². The molecule has 0 saturated heterocycles. The molecule has 2 aromatic heterocycles. The maximum absolute atomic E-state index is 5.55. The van der Waals surface area contributed by atoms with Crippen molar-refractivity contribution in [1.82, 2.24) is 10.2 Å². The molecule has 0 saturated carbocycles. The molecule has 0 bridgehead atoms. The number of halogens is 1. The standard InChI is InChI=1S/C8H7ClN2O2S/c1-12-5-2-3-14-7(5)8-11-10-6(4-9)13-8/h2-3H,4H2,1H3. The first-order valence-corrected chi connectivity index (χ1v) is 5.26. The highest BCUT2D eigenvalue weighted by Gasteiger charge is 2.14. The van der Waals surface area contributed by atoms with E-state index in [0.717, 1.165) is 10.6 Å². The van der Waals surface area contributed by atoms with Crippen molar-refractivity contribution in [3.05, 3.63) is 17.3 Å². The third-order valence-corrected chi connectivity index (χ3v) is 2.74. The first kappa shape index (κ1) is 9.48. The monoisotopic (exact) mass is 230 g/mol. The fraction of sp³-hybridized carbons (Fsp3) is 0.250. The van der Waals surface area contributed by atoms with Crippen molar-refractivity contribution < 1.29 is 9.15 Å². The lowest BCUT2D eigenvalue weighted by atomic mass is 10.4. The summed E-state index contributed by atoms with van der Waals surface area (Å²) in [6, 6.07) is 1.85. The predicted molar refractivity (Wildman–Crippen MR) is 53.7 cm³/mol. The smallest absolute Gasteiger partial charge is 0.261 e. The van der Waals surface area contributed by atoms with Gasteiger partial charge in [-0.3, -0.25) is 0 Å². The second-order valence-corrected chi connectivity index (χ2v) is 3.64. The Bertz CT molecular complexity index is 426. The van der Waals surface area contributed by atoms with Crippen LogP contribution in [0.3, 0.4) is 0 Å². The molecule has 0 unspecified atom stereocenters. The van der Waals surface area contributed by atoms with Gasteiger partial charge in [-0.1, -0.05) is 0 Å². The SMILES string of the molecule is COc1ccsc1-c1nnc(CCl)o1. The second kappa shape index (κ2) is 3.98. The maximum Gasteiger partial charge on any atom is 0.261 e. The van der Waals surface area contributed by atoms with Gasteiger partial charge in [0.05, 0.1) is 7.11 Å². The van der Waals surface area contributed by atoms with Gasteiger partial charge in [-0.25, -0.2) is 0 Å². The van der Waals surface area contributed by atoms with Gasteiger partial charge in [0, 0.05) is 0 Å². The summed E-state index contributed by atoms with van der Waals surface area (Å²) in [6.07, 6.45) is 0. The molecule has 74 valence electrons. The van der Waals surface area contributed by atoms with Crippen LogP contribution < -0.4 is 4.74 Å². The third-order valence-electron chi connectivity index (χ3n) is 1.62. The summed E-state index contributed by atoms with van der Waals surface area (Å²) in [7, 11) is 1.60. The first-order valence-electron chi connectivity index (χ1n) is 3.85. The summed E-state index contributed by atoms with van der Waals surface area (Å²) >= 11 is 7.04. The minimum Gasteiger partial charge on any atom is -0.495 e. The zero-order chi connectivity index (χ0) is 9.97. The van der Waals surface area contributed by atoms with Gasteiger partial charge in [0.1, 0.15) is 16.5 Å². The van der Waals surface area contributed by atoms with Gasteiger partial charge in [-0.05, 0) is 11.4 Å². The molecule has 2 rings (SSSR count). The zero-order valence-electron chi connectivity index (χ0n) is 7.36. The number of hydrogen-bond acceptors (Lipinski definition) is 5. The van der Waals surface area contributed by atoms with Crippen LogP contribution in [0.15, 0.2) is 15.9 Å². The fourth-order valence-electron chi connectivity index (χ4n) is 1.01. The van der Waals surface area contributed by atoms with Crippen LogP contribution >= 0.6 is 22.9 Å². The maximum atomic E-state index is 5.55. The van der Waals surface area contributed by atoms with E-state index in [9.17, 15) is 0 Å². The molecule has 2 heterocycles. The van der Waals surface area contributed by atoms with Gasteiger partial charge in [0.15, 0.2) is 0 Å². The van der Waals surface area contributed by atoms with Crippen LogP contribution in [-0.4, -0.2) is 17.3 Å². The van der Waals surface area contributed by atoms with Crippen molar-refractivity contribution in [2.75, 3.05) is 7.11 Å². The van der Waals surface area contributed by atoms with E-state index in [4.69, 9.17) is 20.8 Å². The number of aromatic nitrogens is 2. The lowest BCUT2D eigenvalue weighted by Gasteiger charge is -1.95. The quantitative estimate of drug-likeness (QED) is 0.761. The zero-order valence-corrected chi connectivity index (χ0v) is 8.93. The normalized spacial score (nSPS) is 10.4. The molecule has 0 spiro atoms. The third kappa shape index (κ3) is 1.60. The Hall–Kier alpha value is -1.07. The molecular formula is C8H7ClN2O2S. The van der Waals surface area contributed by atoms with Gasteiger partial charge in [0.25, 0.3) is 5.89 Å². The van der Waals surface area contributed by atoms with E-state index in [1.807, 2.05) is 11.4 Å². The molecule has 0 radical (unpaired) electrons. The van der Waals surface area contributed by atoms with Crippen molar-refractivity contribution in [2.24, 2.45) is 0 Å². The van der Waals surface area contributed by atoms with Crippen LogP contribution in [0.1, 0.15) is 5.89 Å². The topological polar surface area (TPSA) is 48.2 Å². The van der Waals surface area contributed by atoms with Gasteiger partial charge in [0.2, 0.25) is 5.89 Å². The summed E-state index contributed by atoms with van der Waals surface area (Å²) in [5.41, 5.74) is 0. The Balaban J connectivity index is 2.38. The van der Waals surface area contributed by atoms with Gasteiger partial charge >= 0.3 is 0 Å². The highest BCUT2D eigenvalue weighted by atomic mass is 35.5. The summed E-state index contributed by atoms with van der Waals surface area (Å²) in [6.45, 7) is 0. The van der Waals surface area contributed by atoms with E-state index in [-0.39, 0.29) is 5.88 Å². The largest absolute Gasteiger partial charge is 0.495 e. The Kier molecular flexibility index (Phi) is 2.69. The molecule has 0 aliphatic carbocycles. The lowest BCUT2D eigenvalue weighted by Crippen LogP contribution is -1.82. The van der Waals surface area contributed by atoms with Crippen molar-refractivity contribution in [1.29, 1.82) is 0 Å². The highest BCUT2D eigenvalue weighted by molar-refractivity contribution is 7.13. The first-order chi connectivity index (χ1) is 6.85. The Morgan fingerprint density at radius 2 is 2.43 bits per heavy atom. The Morgan fingerprint density at radius 3 is 3.07 bits per heavy atom. The molecule has 0 aliphatic rings. The van der Waals surface area contributed by atoms with Crippen LogP contribution in [0, 0.1) is 0 Å². The molecule has 2 aromatic rings. The van der Waals surface area contributed by atoms with Crippen LogP contribution in [0.4, 0.5) is 0 Å². The predicted octanol–water partition coefficient (Wildman–Crippen LogP) is 2.55. The lowest BCUT2D eigenvalue weighted by molar-refractivity contribution is 0.416. The van der Waals surface area contributed by atoms with Crippen molar-refractivity contribution >= 4 is 22.9 Å². The molecule has 0 aromatic carbocycles. The minimum absolute atomic E-state index is 0.223. The highest BCUT2D eigenvalue weighted by Crippen LogP contribution is 2.34. The van der Waals surface area contributed by atoms with Gasteiger partial charge in [-0.2, -0.15) is 0 Å². The molecular weight excluding hydrogens is 224 g/mol.